The molecule has 0 saturated heterocycles. The lowest BCUT2D eigenvalue weighted by Crippen LogP contribution is -2.28. The summed E-state index contributed by atoms with van der Waals surface area (Å²) in [5.41, 5.74) is 1.14. The molecule has 1 heteroatoms. The Morgan fingerprint density at radius 1 is 1.45 bits per heavy atom. The minimum Gasteiger partial charge on any atom is -0.392 e. The number of aliphatic hydroxyl groups excluding tert-OH is 1. The van der Waals surface area contributed by atoms with E-state index in [0.717, 1.165) is 18.4 Å². The van der Waals surface area contributed by atoms with Crippen LogP contribution in [0.2, 0.25) is 0 Å². The molecule has 1 nitrogen and oxygen atoms in total. The van der Waals surface area contributed by atoms with Crippen LogP contribution in [0.15, 0.2) is 12.2 Å². The second-order valence-corrected chi connectivity index (χ2v) is 3.94. The van der Waals surface area contributed by atoms with Gasteiger partial charge in [0, 0.05) is 5.92 Å². The second kappa shape index (κ2) is 3.40. The zero-order valence-electron chi connectivity index (χ0n) is 7.51. The Labute approximate surface area is 69.1 Å². The fourth-order valence-electron chi connectivity index (χ4n) is 1.93. The summed E-state index contributed by atoms with van der Waals surface area (Å²) in [5, 5.41) is 9.65. The van der Waals surface area contributed by atoms with E-state index in [-0.39, 0.29) is 6.10 Å². The van der Waals surface area contributed by atoms with Gasteiger partial charge in [0.25, 0.3) is 0 Å². The quantitative estimate of drug-likeness (QED) is 0.575. The van der Waals surface area contributed by atoms with Gasteiger partial charge in [0.2, 0.25) is 0 Å². The number of aliphatic hydroxyl groups is 1. The predicted octanol–water partition coefficient (Wildman–Crippen LogP) is 2.36. The van der Waals surface area contributed by atoms with E-state index in [2.05, 4.69) is 13.5 Å². The van der Waals surface area contributed by atoms with E-state index in [1.807, 2.05) is 6.92 Å². The van der Waals surface area contributed by atoms with E-state index < -0.39 is 0 Å². The van der Waals surface area contributed by atoms with Crippen molar-refractivity contribution in [3.8, 4) is 0 Å². The normalized spacial score (nSPS) is 38.6. The lowest BCUT2D eigenvalue weighted by atomic mass is 9.78. The minimum absolute atomic E-state index is 0.128. The van der Waals surface area contributed by atoms with Crippen molar-refractivity contribution >= 4 is 0 Å². The maximum atomic E-state index is 9.65. The summed E-state index contributed by atoms with van der Waals surface area (Å²) >= 11 is 0. The van der Waals surface area contributed by atoms with Gasteiger partial charge in [0.15, 0.2) is 0 Å². The van der Waals surface area contributed by atoms with E-state index in [0.29, 0.717) is 11.8 Å². The molecule has 0 amide bonds. The molecule has 1 saturated carbocycles. The monoisotopic (exact) mass is 154 g/mol. The molecule has 0 aromatic heterocycles. The third kappa shape index (κ3) is 2.06. The van der Waals surface area contributed by atoms with Crippen molar-refractivity contribution in [3.05, 3.63) is 12.2 Å². The first kappa shape index (κ1) is 8.79. The van der Waals surface area contributed by atoms with Gasteiger partial charge in [0.05, 0.1) is 6.10 Å². The highest BCUT2D eigenvalue weighted by Crippen LogP contribution is 2.32. The van der Waals surface area contributed by atoms with Crippen LogP contribution in [-0.2, 0) is 0 Å². The van der Waals surface area contributed by atoms with Crippen LogP contribution in [0.5, 0.6) is 0 Å². The van der Waals surface area contributed by atoms with Gasteiger partial charge >= 0.3 is 0 Å². The van der Waals surface area contributed by atoms with Crippen molar-refractivity contribution in [1.82, 2.24) is 0 Å². The Morgan fingerprint density at radius 2 is 2.09 bits per heavy atom. The van der Waals surface area contributed by atoms with Gasteiger partial charge in [0.1, 0.15) is 0 Å². The molecule has 64 valence electrons. The molecule has 0 aromatic rings. The number of rotatable bonds is 1. The van der Waals surface area contributed by atoms with Crippen LogP contribution < -0.4 is 0 Å². The van der Waals surface area contributed by atoms with Gasteiger partial charge in [-0.15, -0.1) is 0 Å². The maximum absolute atomic E-state index is 9.65. The third-order valence-corrected chi connectivity index (χ3v) is 2.71. The van der Waals surface area contributed by atoms with Gasteiger partial charge in [-0.1, -0.05) is 19.1 Å². The molecule has 0 aromatic carbocycles. The molecular formula is C10H18O. The van der Waals surface area contributed by atoms with Crippen molar-refractivity contribution in [2.45, 2.75) is 39.2 Å². The maximum Gasteiger partial charge on any atom is 0.0607 e. The highest BCUT2D eigenvalue weighted by atomic mass is 16.3. The van der Waals surface area contributed by atoms with Crippen molar-refractivity contribution in [3.63, 3.8) is 0 Å². The average molecular weight is 154 g/mol. The summed E-state index contributed by atoms with van der Waals surface area (Å²) in [6.07, 6.45) is 3.19. The van der Waals surface area contributed by atoms with Crippen LogP contribution in [0.4, 0.5) is 0 Å². The predicted molar refractivity (Wildman–Crippen MR) is 47.3 cm³/mol. The Balaban J connectivity index is 2.50. The van der Waals surface area contributed by atoms with Crippen LogP contribution in [0.25, 0.3) is 0 Å². The smallest absolute Gasteiger partial charge is 0.0607 e. The van der Waals surface area contributed by atoms with Crippen molar-refractivity contribution < 1.29 is 5.11 Å². The summed E-state index contributed by atoms with van der Waals surface area (Å²) in [5.74, 6) is 1.06. The Morgan fingerprint density at radius 3 is 2.55 bits per heavy atom. The third-order valence-electron chi connectivity index (χ3n) is 2.71. The molecule has 0 bridgehead atoms. The highest BCUT2D eigenvalue weighted by Gasteiger charge is 2.26. The summed E-state index contributed by atoms with van der Waals surface area (Å²) in [6, 6.07) is 0. The van der Waals surface area contributed by atoms with E-state index >= 15 is 0 Å². The first-order chi connectivity index (χ1) is 5.11. The first-order valence-electron chi connectivity index (χ1n) is 4.44. The van der Waals surface area contributed by atoms with Gasteiger partial charge < -0.3 is 5.11 Å². The van der Waals surface area contributed by atoms with Crippen LogP contribution >= 0.6 is 0 Å². The Hall–Kier alpha value is -0.300. The van der Waals surface area contributed by atoms with Crippen molar-refractivity contribution in [2.24, 2.45) is 11.8 Å². The first-order valence-corrected chi connectivity index (χ1v) is 4.44. The van der Waals surface area contributed by atoms with Crippen molar-refractivity contribution in [1.29, 1.82) is 0 Å². The molecule has 0 aliphatic heterocycles. The molecule has 1 rings (SSSR count). The number of hydrogen-bond acceptors (Lipinski definition) is 1. The molecule has 0 radical (unpaired) electrons. The van der Waals surface area contributed by atoms with E-state index in [9.17, 15) is 5.11 Å². The molecule has 3 atom stereocenters. The summed E-state index contributed by atoms with van der Waals surface area (Å²) in [7, 11) is 0. The molecule has 0 heterocycles. The van der Waals surface area contributed by atoms with E-state index in [4.69, 9.17) is 0 Å². The van der Waals surface area contributed by atoms with Gasteiger partial charge in [-0.25, -0.2) is 0 Å². The fourth-order valence-corrected chi connectivity index (χ4v) is 1.93. The van der Waals surface area contributed by atoms with E-state index in [1.54, 1.807) is 0 Å². The molecule has 1 fully saturated rings. The summed E-state index contributed by atoms with van der Waals surface area (Å²) in [6.45, 7) is 8.12. The van der Waals surface area contributed by atoms with Crippen molar-refractivity contribution in [2.75, 3.05) is 0 Å². The average Bonchev–Trinajstić information content (AvgIpc) is 1.85. The SMILES string of the molecule is C=C(C)[C@H]1CCC(C)CC1O. The molecule has 11 heavy (non-hydrogen) atoms. The Kier molecular flexibility index (Phi) is 2.72. The van der Waals surface area contributed by atoms with Crippen LogP contribution in [0.3, 0.4) is 0 Å². The van der Waals surface area contributed by atoms with Gasteiger partial charge in [-0.3, -0.25) is 0 Å². The zero-order chi connectivity index (χ0) is 8.43. The molecule has 0 spiro atoms. The summed E-state index contributed by atoms with van der Waals surface area (Å²) in [4.78, 5) is 0. The molecular weight excluding hydrogens is 136 g/mol. The van der Waals surface area contributed by atoms with Crippen LogP contribution in [0.1, 0.15) is 33.1 Å². The standard InChI is InChI=1S/C10H18O/c1-7(2)9-5-4-8(3)6-10(9)11/h8-11H,1,4-6H2,2-3H3/t8?,9-,10?/m1/s1. The lowest BCUT2D eigenvalue weighted by Gasteiger charge is -2.31. The van der Waals surface area contributed by atoms with Crippen LogP contribution in [0, 0.1) is 11.8 Å². The fraction of sp³-hybridized carbons (Fsp3) is 0.800. The summed E-state index contributed by atoms with van der Waals surface area (Å²) < 4.78 is 0. The Bertz CT molecular complexity index is 151. The molecule has 1 aliphatic rings. The lowest BCUT2D eigenvalue weighted by molar-refractivity contribution is 0.0656. The van der Waals surface area contributed by atoms with Gasteiger partial charge in [-0.05, 0) is 32.1 Å². The van der Waals surface area contributed by atoms with Crippen LogP contribution in [-0.4, -0.2) is 11.2 Å². The largest absolute Gasteiger partial charge is 0.392 e. The molecule has 1 aliphatic carbocycles. The molecule has 1 N–H and O–H groups in total. The minimum atomic E-state index is -0.128. The topological polar surface area (TPSA) is 20.2 Å². The molecule has 2 unspecified atom stereocenters. The second-order valence-electron chi connectivity index (χ2n) is 3.94. The van der Waals surface area contributed by atoms with Gasteiger partial charge in [-0.2, -0.15) is 0 Å². The zero-order valence-corrected chi connectivity index (χ0v) is 7.51. The highest BCUT2D eigenvalue weighted by molar-refractivity contribution is 5.01. The van der Waals surface area contributed by atoms with E-state index in [1.165, 1.54) is 6.42 Å². The number of hydrogen-bond donors (Lipinski definition) is 1.